The van der Waals surface area contributed by atoms with Crippen molar-refractivity contribution in [1.82, 2.24) is 25.2 Å². The summed E-state index contributed by atoms with van der Waals surface area (Å²) >= 11 is 0. The Hall–Kier alpha value is -4.10. The van der Waals surface area contributed by atoms with E-state index in [0.29, 0.717) is 36.5 Å². The average molecular weight is 626 g/mol. The summed E-state index contributed by atoms with van der Waals surface area (Å²) in [6.07, 6.45) is 2.52. The minimum atomic E-state index is -0.219. The van der Waals surface area contributed by atoms with Crippen molar-refractivity contribution in [1.29, 1.82) is 0 Å². The van der Waals surface area contributed by atoms with Crippen molar-refractivity contribution in [3.63, 3.8) is 0 Å². The van der Waals surface area contributed by atoms with Crippen LogP contribution in [-0.2, 0) is 6.54 Å². The van der Waals surface area contributed by atoms with Crippen LogP contribution < -0.4 is 10.1 Å². The molecule has 1 atom stereocenters. The summed E-state index contributed by atoms with van der Waals surface area (Å²) in [5.74, 6) is 1.11. The lowest BCUT2D eigenvalue weighted by molar-refractivity contribution is 0.0508. The zero-order valence-corrected chi connectivity index (χ0v) is 29.7. The summed E-state index contributed by atoms with van der Waals surface area (Å²) < 4.78 is 6.43. The molecule has 0 saturated heterocycles. The van der Waals surface area contributed by atoms with Crippen molar-refractivity contribution in [2.45, 2.75) is 94.3 Å². The summed E-state index contributed by atoms with van der Waals surface area (Å²) in [5.41, 5.74) is 7.82. The molecule has 2 aromatic carbocycles. The Morgan fingerprint density at radius 3 is 2.13 bits per heavy atom. The topological polar surface area (TPSA) is 80.2 Å². The highest BCUT2D eigenvalue weighted by atomic mass is 16.5. The zero-order valence-electron chi connectivity index (χ0n) is 29.7. The van der Waals surface area contributed by atoms with Crippen molar-refractivity contribution in [3.8, 4) is 17.1 Å². The quantitative estimate of drug-likeness (QED) is 0.190. The van der Waals surface area contributed by atoms with E-state index in [1.807, 2.05) is 75.2 Å². The van der Waals surface area contributed by atoms with Gasteiger partial charge in [-0.1, -0.05) is 76.6 Å². The Kier molecular flexibility index (Phi) is 13.0. The van der Waals surface area contributed by atoms with Gasteiger partial charge in [0.1, 0.15) is 12.4 Å². The van der Waals surface area contributed by atoms with Gasteiger partial charge in [-0.3, -0.25) is 9.78 Å². The smallest absolute Gasteiger partial charge is 0.254 e. The lowest BCUT2D eigenvalue weighted by Gasteiger charge is -2.36. The van der Waals surface area contributed by atoms with E-state index in [2.05, 4.69) is 82.0 Å². The van der Waals surface area contributed by atoms with Crippen LogP contribution in [0.3, 0.4) is 0 Å². The van der Waals surface area contributed by atoms with E-state index in [1.165, 1.54) is 0 Å². The highest BCUT2D eigenvalue weighted by molar-refractivity contribution is 5.94. The molecule has 0 radical (unpaired) electrons. The SMILES string of the molecule is CNC(C)C.Cc1cccc(C(=O)N(Cc2ncccc2C)[C@@H](COc2cc(-c3c(C)cccc3C)nc(C)n2)CC(C)(C)C)c1.[HH]. The molecule has 2 aromatic heterocycles. The van der Waals surface area contributed by atoms with Crippen LogP contribution in [-0.4, -0.2) is 51.5 Å². The summed E-state index contributed by atoms with van der Waals surface area (Å²) in [7, 11) is 1.95. The van der Waals surface area contributed by atoms with Gasteiger partial charge in [-0.05, 0) is 88.4 Å². The third-order valence-corrected chi connectivity index (χ3v) is 7.81. The second kappa shape index (κ2) is 16.5. The number of nitrogens with one attached hydrogen (secondary N) is 1. The maximum absolute atomic E-state index is 14.1. The molecule has 0 spiro atoms. The van der Waals surface area contributed by atoms with Crippen LogP contribution in [0.1, 0.15) is 86.6 Å². The normalized spacial score (nSPS) is 11.9. The zero-order chi connectivity index (χ0) is 34.0. The molecule has 46 heavy (non-hydrogen) atoms. The molecule has 0 aliphatic rings. The molecule has 7 heteroatoms. The maximum atomic E-state index is 14.1. The van der Waals surface area contributed by atoms with Gasteiger partial charge in [-0.2, -0.15) is 4.98 Å². The first-order valence-corrected chi connectivity index (χ1v) is 16.2. The number of ether oxygens (including phenoxy) is 1. The van der Waals surface area contributed by atoms with Crippen LogP contribution in [0, 0.1) is 40.0 Å². The highest BCUT2D eigenvalue weighted by Crippen LogP contribution is 2.30. The van der Waals surface area contributed by atoms with Crippen molar-refractivity contribution in [2.75, 3.05) is 13.7 Å². The van der Waals surface area contributed by atoms with Crippen molar-refractivity contribution in [2.24, 2.45) is 5.41 Å². The first-order valence-electron chi connectivity index (χ1n) is 16.2. The standard InChI is InChI=1S/C35H42N4O2.C4H11N.H2/c1-23-12-9-16-28(18-23)34(40)39(21-31-24(2)15-11-17-36-31)29(20-35(6,7)8)22-41-32-19-30(37-27(5)38-32)33-25(3)13-10-14-26(33)4;1-4(2)5-3;/h9-19,29H,20-22H2,1-8H3;4-5H,1-3H3;1H/t29-;;/m1../s1. The van der Waals surface area contributed by atoms with Crippen LogP contribution in [0.15, 0.2) is 66.9 Å². The number of aryl methyl sites for hydroxylation is 5. The fourth-order valence-corrected chi connectivity index (χ4v) is 5.26. The number of rotatable bonds is 10. The predicted molar refractivity (Wildman–Crippen MR) is 191 cm³/mol. The molecule has 0 bridgehead atoms. The molecule has 0 aliphatic carbocycles. The van der Waals surface area contributed by atoms with E-state index in [9.17, 15) is 4.79 Å². The summed E-state index contributed by atoms with van der Waals surface area (Å²) in [4.78, 5) is 30.0. The molecule has 248 valence electrons. The third kappa shape index (κ3) is 10.8. The molecule has 1 N–H and O–H groups in total. The van der Waals surface area contributed by atoms with Crippen LogP contribution in [0.4, 0.5) is 0 Å². The van der Waals surface area contributed by atoms with E-state index in [1.54, 1.807) is 6.20 Å². The largest absolute Gasteiger partial charge is 0.475 e. The van der Waals surface area contributed by atoms with Crippen LogP contribution in [0.5, 0.6) is 5.88 Å². The van der Waals surface area contributed by atoms with E-state index < -0.39 is 0 Å². The fraction of sp³-hybridized carbons (Fsp3) is 0.436. The van der Waals surface area contributed by atoms with E-state index >= 15 is 0 Å². The fourth-order valence-electron chi connectivity index (χ4n) is 5.26. The molecule has 0 fully saturated rings. The summed E-state index contributed by atoms with van der Waals surface area (Å²) in [5, 5.41) is 3.03. The lowest BCUT2D eigenvalue weighted by Crippen LogP contribution is -2.45. The van der Waals surface area contributed by atoms with E-state index in [0.717, 1.165) is 45.6 Å². The molecule has 7 nitrogen and oxygen atoms in total. The Morgan fingerprint density at radius 2 is 1.54 bits per heavy atom. The Labute approximate surface area is 278 Å². The molecule has 0 aliphatic heterocycles. The summed E-state index contributed by atoms with van der Waals surface area (Å²) in [6.45, 7) is 21.6. The third-order valence-electron chi connectivity index (χ3n) is 7.81. The monoisotopic (exact) mass is 625 g/mol. The Balaban J connectivity index is 0.00000119. The minimum Gasteiger partial charge on any atom is -0.475 e. The first-order chi connectivity index (χ1) is 21.7. The number of hydrogen-bond acceptors (Lipinski definition) is 6. The second-order valence-electron chi connectivity index (χ2n) is 13.6. The number of benzene rings is 2. The van der Waals surface area contributed by atoms with Gasteiger partial charge >= 0.3 is 0 Å². The molecule has 4 aromatic rings. The molecule has 0 unspecified atom stereocenters. The van der Waals surface area contributed by atoms with Crippen LogP contribution >= 0.6 is 0 Å². The number of amides is 1. The number of nitrogens with zero attached hydrogens (tertiary/aromatic N) is 4. The van der Waals surface area contributed by atoms with Gasteiger partial charge in [0, 0.05) is 30.9 Å². The van der Waals surface area contributed by atoms with Crippen LogP contribution in [0.25, 0.3) is 11.3 Å². The molecular weight excluding hydrogens is 570 g/mol. The molecular formula is C39H55N5O2. The second-order valence-corrected chi connectivity index (χ2v) is 13.6. The average Bonchev–Trinajstić information content (AvgIpc) is 2.98. The molecule has 4 rings (SSSR count). The van der Waals surface area contributed by atoms with Gasteiger partial charge in [0.25, 0.3) is 5.91 Å². The van der Waals surface area contributed by atoms with E-state index in [4.69, 9.17) is 9.72 Å². The Morgan fingerprint density at radius 1 is 0.913 bits per heavy atom. The predicted octanol–water partition coefficient (Wildman–Crippen LogP) is 8.47. The van der Waals surface area contributed by atoms with Gasteiger partial charge in [0.15, 0.2) is 0 Å². The number of carbonyl (C=O) groups is 1. The van der Waals surface area contributed by atoms with Crippen molar-refractivity contribution >= 4 is 5.91 Å². The summed E-state index contributed by atoms with van der Waals surface area (Å²) in [6, 6.07) is 20.3. The lowest BCUT2D eigenvalue weighted by atomic mass is 9.87. The van der Waals surface area contributed by atoms with Gasteiger partial charge < -0.3 is 15.0 Å². The number of aromatic nitrogens is 3. The van der Waals surface area contributed by atoms with Crippen molar-refractivity contribution in [3.05, 3.63) is 106 Å². The van der Waals surface area contributed by atoms with Gasteiger partial charge in [0.05, 0.1) is 24.0 Å². The van der Waals surface area contributed by atoms with Gasteiger partial charge in [-0.25, -0.2) is 4.98 Å². The molecule has 2 heterocycles. The first kappa shape index (κ1) is 36.4. The highest BCUT2D eigenvalue weighted by Gasteiger charge is 2.30. The number of hydrogen-bond donors (Lipinski definition) is 1. The molecule has 0 saturated carbocycles. The number of carbonyl (C=O) groups excluding carboxylic acids is 1. The number of pyridine rings is 1. The van der Waals surface area contributed by atoms with Crippen molar-refractivity contribution < 1.29 is 11.0 Å². The van der Waals surface area contributed by atoms with Crippen LogP contribution in [0.2, 0.25) is 0 Å². The maximum Gasteiger partial charge on any atom is 0.254 e. The minimum absolute atomic E-state index is 0. The van der Waals surface area contributed by atoms with Gasteiger partial charge in [-0.15, -0.1) is 0 Å². The van der Waals surface area contributed by atoms with E-state index in [-0.39, 0.29) is 18.8 Å². The molecule has 1 amide bonds. The Bertz CT molecular complexity index is 1580. The van der Waals surface area contributed by atoms with Gasteiger partial charge in [0.2, 0.25) is 5.88 Å².